The van der Waals surface area contributed by atoms with Gasteiger partial charge in [0, 0.05) is 11.1 Å². The molecule has 0 bridgehead atoms. The maximum Gasteiger partial charge on any atom is 0.127 e. The van der Waals surface area contributed by atoms with Crippen molar-refractivity contribution in [2.24, 2.45) is 5.92 Å². The van der Waals surface area contributed by atoms with E-state index in [2.05, 4.69) is 70.2 Å². The van der Waals surface area contributed by atoms with Crippen molar-refractivity contribution in [1.29, 1.82) is 0 Å². The van der Waals surface area contributed by atoms with Gasteiger partial charge in [-0.3, -0.25) is 0 Å². The van der Waals surface area contributed by atoms with Crippen LogP contribution in [0.3, 0.4) is 0 Å². The largest absolute Gasteiger partial charge is 0.496 e. The number of ether oxygens (including phenoxy) is 2. The fraction of sp³-hybridized carbons (Fsp3) is 0.429. The minimum Gasteiger partial charge on any atom is -0.496 e. The number of benzene rings is 3. The highest BCUT2D eigenvalue weighted by Crippen LogP contribution is 2.38. The predicted molar refractivity (Wildman–Crippen MR) is 186 cm³/mol. The van der Waals surface area contributed by atoms with Gasteiger partial charge < -0.3 is 9.47 Å². The Balaban J connectivity index is 0. The number of methoxy groups -OCH3 is 2. The molecule has 1 aliphatic rings. The summed E-state index contributed by atoms with van der Waals surface area (Å²) >= 11 is 0. The Morgan fingerprint density at radius 3 is 1.77 bits per heavy atom. The first-order chi connectivity index (χ1) is 18.5. The molecule has 1 fully saturated rings. The van der Waals surface area contributed by atoms with Gasteiger partial charge in [-0.1, -0.05) is 135 Å². The van der Waals surface area contributed by atoms with E-state index in [4.69, 9.17) is 9.47 Å². The average molecular weight is 571 g/mol. The lowest BCUT2D eigenvalue weighted by Crippen LogP contribution is -2.09. The van der Waals surface area contributed by atoms with Gasteiger partial charge in [0.05, 0.1) is 14.2 Å². The number of aryl methyl sites for hydroxylation is 2. The monoisotopic (exact) mass is 570 g/mol. The molecule has 39 heavy (non-hydrogen) atoms. The number of hydrogen-bond acceptors (Lipinski definition) is 2. The van der Waals surface area contributed by atoms with E-state index in [1.807, 2.05) is 65.8 Å². The van der Waals surface area contributed by atoms with Crippen LogP contribution in [0.4, 0.5) is 0 Å². The van der Waals surface area contributed by atoms with Gasteiger partial charge in [-0.2, -0.15) is 9.90 Å². The zero-order chi connectivity index (χ0) is 29.1. The fourth-order valence-corrected chi connectivity index (χ4v) is 5.45. The van der Waals surface area contributed by atoms with Crippen LogP contribution >= 0.6 is 18.5 Å². The van der Waals surface area contributed by atoms with Crippen LogP contribution in [-0.2, 0) is 0 Å². The highest BCUT2D eigenvalue weighted by atomic mass is 31.1. The third-order valence-corrected chi connectivity index (χ3v) is 6.87. The summed E-state index contributed by atoms with van der Waals surface area (Å²) in [5, 5.41) is 2.59. The quantitative estimate of drug-likeness (QED) is 0.217. The summed E-state index contributed by atoms with van der Waals surface area (Å²) < 4.78 is 11.3. The van der Waals surface area contributed by atoms with E-state index < -0.39 is 0 Å². The summed E-state index contributed by atoms with van der Waals surface area (Å²) in [6.45, 7) is 20.8. The molecule has 1 aliphatic carbocycles. The maximum absolute atomic E-state index is 5.67. The first-order valence-corrected chi connectivity index (χ1v) is 15.3. The Morgan fingerprint density at radius 2 is 1.31 bits per heavy atom. The summed E-state index contributed by atoms with van der Waals surface area (Å²) in [5.74, 6) is 2.66. The Morgan fingerprint density at radius 1 is 0.795 bits per heavy atom. The molecule has 1 saturated carbocycles. The van der Waals surface area contributed by atoms with Crippen LogP contribution in [0.2, 0.25) is 0 Å². The summed E-state index contributed by atoms with van der Waals surface area (Å²) in [7, 11) is 3.98. The second-order valence-electron chi connectivity index (χ2n) is 8.38. The lowest BCUT2D eigenvalue weighted by molar-refractivity contribution is 0.410. The van der Waals surface area contributed by atoms with Gasteiger partial charge in [-0.15, -0.1) is 0 Å². The third kappa shape index (κ3) is 13.2. The van der Waals surface area contributed by atoms with E-state index in [0.717, 1.165) is 28.5 Å². The molecule has 2 nitrogen and oxygen atoms in total. The standard InChI is InChI=1S/C22H23O2P.C7H12.3C2H6.H3P/c1-15-12-16(2)14-17(13-15)25-21-11-7-10-20(24-4)22(21)18-8-5-6-9-19(18)23-3;1-3-4-7-5-6(7)2;3*1-2;/h5-14,25H,1-4H3;4,6H,3,5H2,1-2H3;3*1-2H3;1H3/b;7-4+;;;;. The zero-order valence-corrected chi connectivity index (χ0v) is 29.3. The van der Waals surface area contributed by atoms with E-state index >= 15 is 0 Å². The lowest BCUT2D eigenvalue weighted by atomic mass is 10.0. The van der Waals surface area contributed by atoms with Crippen LogP contribution in [0, 0.1) is 19.8 Å². The number of rotatable bonds is 6. The van der Waals surface area contributed by atoms with Crippen LogP contribution in [-0.4, -0.2) is 14.2 Å². The Kier molecular flexibility index (Phi) is 22.7. The Labute approximate surface area is 246 Å². The molecule has 0 aromatic heterocycles. The van der Waals surface area contributed by atoms with E-state index in [1.54, 1.807) is 19.8 Å². The number of hydrogen-bond donors (Lipinski definition) is 0. The van der Waals surface area contributed by atoms with E-state index in [0.29, 0.717) is 8.58 Å². The molecule has 3 atom stereocenters. The van der Waals surface area contributed by atoms with Gasteiger partial charge in [0.1, 0.15) is 11.5 Å². The zero-order valence-electron chi connectivity index (χ0n) is 26.9. The number of para-hydroxylation sites is 1. The Hall–Kier alpha value is -2.14. The van der Waals surface area contributed by atoms with E-state index in [-0.39, 0.29) is 9.90 Å². The second kappa shape index (κ2) is 22.7. The molecule has 0 aliphatic heterocycles. The van der Waals surface area contributed by atoms with Crippen molar-refractivity contribution in [3.05, 3.63) is 83.4 Å². The molecule has 4 rings (SSSR count). The molecular formula is C35H56O2P2. The molecular weight excluding hydrogens is 514 g/mol. The van der Waals surface area contributed by atoms with Crippen LogP contribution in [0.5, 0.6) is 11.5 Å². The SMILES string of the molecule is CC.CC.CC.CC/C=C1\CC1C.COc1ccccc1-c1c(OC)cccc1Pc1cc(C)cc(C)c1.P. The van der Waals surface area contributed by atoms with Crippen molar-refractivity contribution >= 4 is 29.1 Å². The summed E-state index contributed by atoms with van der Waals surface area (Å²) in [5.41, 5.74) is 6.44. The summed E-state index contributed by atoms with van der Waals surface area (Å²) in [6, 6.07) is 21.1. The molecule has 218 valence electrons. The molecule has 3 aromatic carbocycles. The smallest absolute Gasteiger partial charge is 0.127 e. The first kappa shape index (κ1) is 39.0. The molecule has 0 saturated heterocycles. The lowest BCUT2D eigenvalue weighted by Gasteiger charge is -2.17. The molecule has 4 heteroatoms. The predicted octanol–water partition coefficient (Wildman–Crippen LogP) is 10.1. The topological polar surface area (TPSA) is 18.5 Å². The minimum atomic E-state index is 0. The molecule has 3 aromatic rings. The van der Waals surface area contributed by atoms with E-state index in [9.17, 15) is 0 Å². The fourth-order valence-electron chi connectivity index (χ4n) is 3.98. The van der Waals surface area contributed by atoms with Crippen molar-refractivity contribution in [3.63, 3.8) is 0 Å². The number of allylic oxidation sites excluding steroid dienone is 2. The van der Waals surface area contributed by atoms with Gasteiger partial charge >= 0.3 is 0 Å². The summed E-state index contributed by atoms with van der Waals surface area (Å²) in [4.78, 5) is 0. The maximum atomic E-state index is 5.67. The molecule has 0 spiro atoms. The van der Waals surface area contributed by atoms with Gasteiger partial charge in [0.25, 0.3) is 0 Å². The van der Waals surface area contributed by atoms with Crippen molar-refractivity contribution in [2.45, 2.75) is 82.1 Å². The van der Waals surface area contributed by atoms with Crippen LogP contribution in [0.25, 0.3) is 11.1 Å². The van der Waals surface area contributed by atoms with E-state index in [1.165, 1.54) is 34.6 Å². The third-order valence-electron chi connectivity index (χ3n) is 5.60. The van der Waals surface area contributed by atoms with Crippen molar-refractivity contribution < 1.29 is 9.47 Å². The van der Waals surface area contributed by atoms with Gasteiger partial charge in [0.15, 0.2) is 0 Å². The molecule has 0 N–H and O–H groups in total. The highest BCUT2D eigenvalue weighted by Gasteiger charge is 2.22. The minimum absolute atomic E-state index is 0. The van der Waals surface area contributed by atoms with Gasteiger partial charge in [-0.05, 0) is 55.3 Å². The highest BCUT2D eigenvalue weighted by molar-refractivity contribution is 7.55. The molecule has 0 heterocycles. The van der Waals surface area contributed by atoms with Crippen LogP contribution in [0.15, 0.2) is 72.3 Å². The van der Waals surface area contributed by atoms with Crippen molar-refractivity contribution in [3.8, 4) is 22.6 Å². The second-order valence-corrected chi connectivity index (χ2v) is 9.74. The van der Waals surface area contributed by atoms with Crippen LogP contribution < -0.4 is 20.1 Å². The molecule has 0 radical (unpaired) electrons. The van der Waals surface area contributed by atoms with Crippen molar-refractivity contribution in [2.75, 3.05) is 14.2 Å². The van der Waals surface area contributed by atoms with Gasteiger partial charge in [0.2, 0.25) is 0 Å². The molecule has 3 unspecified atom stereocenters. The van der Waals surface area contributed by atoms with Crippen LogP contribution in [0.1, 0.15) is 79.4 Å². The Bertz CT molecular complexity index is 1070. The first-order valence-electron chi connectivity index (χ1n) is 14.3. The summed E-state index contributed by atoms with van der Waals surface area (Å²) in [6.07, 6.45) is 4.93. The van der Waals surface area contributed by atoms with Crippen molar-refractivity contribution in [1.82, 2.24) is 0 Å². The normalized spacial score (nSPS) is 13.6. The average Bonchev–Trinajstić information content (AvgIpc) is 3.66. The van der Waals surface area contributed by atoms with Gasteiger partial charge in [-0.25, -0.2) is 0 Å². The molecule has 0 amide bonds.